The first kappa shape index (κ1) is 13.5. The first-order valence-electron chi connectivity index (χ1n) is 5.32. The van der Waals surface area contributed by atoms with Crippen LogP contribution < -0.4 is 10.6 Å². The molecule has 6 heteroatoms. The molecular weight excluding hydrogens is 240 g/mol. The Balaban J connectivity index is 2.18. The number of hydrogen-bond acceptors (Lipinski definition) is 4. The van der Waals surface area contributed by atoms with Crippen LogP contribution in [0.25, 0.3) is 0 Å². The highest BCUT2D eigenvalue weighted by Gasteiger charge is 2.06. The third kappa shape index (κ3) is 5.91. The highest BCUT2D eigenvalue weighted by molar-refractivity contribution is 7.80. The summed E-state index contributed by atoms with van der Waals surface area (Å²) in [7, 11) is 0. The van der Waals surface area contributed by atoms with E-state index in [9.17, 15) is 4.79 Å². The van der Waals surface area contributed by atoms with Gasteiger partial charge in [-0.15, -0.1) is 0 Å². The minimum atomic E-state index is -0.546. The van der Waals surface area contributed by atoms with Crippen molar-refractivity contribution in [2.75, 3.05) is 6.61 Å². The van der Waals surface area contributed by atoms with Gasteiger partial charge in [0.05, 0.1) is 19.4 Å². The highest BCUT2D eigenvalue weighted by atomic mass is 32.1. The van der Waals surface area contributed by atoms with E-state index in [2.05, 4.69) is 10.6 Å². The number of alkyl carbamates (subject to hydrolysis) is 1. The predicted molar refractivity (Wildman–Crippen MR) is 67.5 cm³/mol. The maximum absolute atomic E-state index is 11.2. The van der Waals surface area contributed by atoms with Crippen LogP contribution in [0.15, 0.2) is 22.8 Å². The molecule has 0 aliphatic rings. The number of carbonyl (C=O) groups excluding carboxylic acids is 1. The lowest BCUT2D eigenvalue weighted by Gasteiger charge is -2.10. The Hall–Kier alpha value is -1.56. The van der Waals surface area contributed by atoms with Crippen molar-refractivity contribution in [1.29, 1.82) is 0 Å². The van der Waals surface area contributed by atoms with Crippen LogP contribution in [0, 0.1) is 5.92 Å². The molecule has 1 heterocycles. The zero-order valence-electron chi connectivity index (χ0n) is 9.86. The average Bonchev–Trinajstić information content (AvgIpc) is 2.76. The van der Waals surface area contributed by atoms with Gasteiger partial charge in [0.25, 0.3) is 0 Å². The van der Waals surface area contributed by atoms with Gasteiger partial charge in [-0.2, -0.15) is 0 Å². The largest absolute Gasteiger partial charge is 0.467 e. The van der Waals surface area contributed by atoms with Crippen LogP contribution in [0.1, 0.15) is 19.6 Å². The van der Waals surface area contributed by atoms with Gasteiger partial charge in [0.2, 0.25) is 0 Å². The smallest absolute Gasteiger partial charge is 0.413 e. The van der Waals surface area contributed by atoms with Crippen molar-refractivity contribution in [1.82, 2.24) is 10.6 Å². The number of thiocarbonyl (C=S) groups is 1. The molecule has 1 aromatic rings. The zero-order valence-corrected chi connectivity index (χ0v) is 10.7. The van der Waals surface area contributed by atoms with Crippen molar-refractivity contribution in [3.05, 3.63) is 24.2 Å². The van der Waals surface area contributed by atoms with E-state index < -0.39 is 6.09 Å². The number of amides is 1. The van der Waals surface area contributed by atoms with E-state index in [1.807, 2.05) is 19.9 Å². The number of rotatable bonds is 4. The summed E-state index contributed by atoms with van der Waals surface area (Å²) in [6.07, 6.45) is 1.03. The summed E-state index contributed by atoms with van der Waals surface area (Å²) in [6, 6.07) is 3.59. The van der Waals surface area contributed by atoms with Crippen LogP contribution in [0.4, 0.5) is 4.79 Å². The summed E-state index contributed by atoms with van der Waals surface area (Å²) in [5.74, 6) is 1.04. The number of hydrogen-bond donors (Lipinski definition) is 2. The number of carbonyl (C=O) groups is 1. The molecule has 2 N–H and O–H groups in total. The molecule has 0 spiro atoms. The molecule has 0 atom stereocenters. The van der Waals surface area contributed by atoms with Gasteiger partial charge in [0, 0.05) is 0 Å². The Kier molecular flexibility index (Phi) is 5.48. The van der Waals surface area contributed by atoms with Crippen LogP contribution in [0.3, 0.4) is 0 Å². The topological polar surface area (TPSA) is 63.5 Å². The van der Waals surface area contributed by atoms with Gasteiger partial charge in [-0.3, -0.25) is 5.32 Å². The standard InChI is InChI=1S/C11H16N2O3S/c1-8(2)7-16-11(14)13-10(17)12-6-9-4-3-5-15-9/h3-5,8H,6-7H2,1-2H3,(H2,12,13,14,17). The van der Waals surface area contributed by atoms with E-state index in [1.165, 1.54) is 0 Å². The lowest BCUT2D eigenvalue weighted by molar-refractivity contribution is 0.138. The molecule has 1 amide bonds. The molecule has 0 aliphatic carbocycles. The molecule has 0 saturated carbocycles. The number of ether oxygens (including phenoxy) is 1. The van der Waals surface area contributed by atoms with Crippen molar-refractivity contribution in [2.45, 2.75) is 20.4 Å². The summed E-state index contributed by atoms with van der Waals surface area (Å²) < 4.78 is 10.0. The molecule has 94 valence electrons. The monoisotopic (exact) mass is 256 g/mol. The van der Waals surface area contributed by atoms with E-state index in [4.69, 9.17) is 21.4 Å². The van der Waals surface area contributed by atoms with E-state index in [-0.39, 0.29) is 5.11 Å². The first-order chi connectivity index (χ1) is 8.08. The SMILES string of the molecule is CC(C)COC(=O)NC(=S)NCc1ccco1. The fourth-order valence-electron chi connectivity index (χ4n) is 0.996. The van der Waals surface area contributed by atoms with Gasteiger partial charge in [0.1, 0.15) is 5.76 Å². The summed E-state index contributed by atoms with van der Waals surface area (Å²) in [5, 5.41) is 5.46. The maximum atomic E-state index is 11.2. The van der Waals surface area contributed by atoms with E-state index in [1.54, 1.807) is 12.3 Å². The van der Waals surface area contributed by atoms with Gasteiger partial charge in [-0.05, 0) is 30.3 Å². The molecule has 0 aromatic carbocycles. The second-order valence-corrected chi connectivity index (χ2v) is 4.29. The molecule has 0 aliphatic heterocycles. The second-order valence-electron chi connectivity index (χ2n) is 3.88. The van der Waals surface area contributed by atoms with Crippen molar-refractivity contribution >= 4 is 23.4 Å². The molecule has 1 rings (SSSR count). The molecule has 0 saturated heterocycles. The molecule has 0 fully saturated rings. The minimum Gasteiger partial charge on any atom is -0.467 e. The van der Waals surface area contributed by atoms with E-state index in [0.29, 0.717) is 19.1 Å². The second kappa shape index (κ2) is 6.90. The molecule has 1 aromatic heterocycles. The molecule has 0 radical (unpaired) electrons. The molecule has 5 nitrogen and oxygen atoms in total. The third-order valence-electron chi connectivity index (χ3n) is 1.77. The van der Waals surface area contributed by atoms with Crippen molar-refractivity contribution < 1.29 is 13.9 Å². The fourth-order valence-corrected chi connectivity index (χ4v) is 1.15. The van der Waals surface area contributed by atoms with Gasteiger partial charge in [-0.1, -0.05) is 13.8 Å². The van der Waals surface area contributed by atoms with Crippen molar-refractivity contribution in [3.63, 3.8) is 0 Å². The van der Waals surface area contributed by atoms with Crippen molar-refractivity contribution in [3.8, 4) is 0 Å². The maximum Gasteiger partial charge on any atom is 0.413 e. The lowest BCUT2D eigenvalue weighted by atomic mass is 10.2. The Labute approximate surface area is 106 Å². The van der Waals surface area contributed by atoms with Crippen LogP contribution in [0.2, 0.25) is 0 Å². The van der Waals surface area contributed by atoms with Gasteiger partial charge >= 0.3 is 6.09 Å². The van der Waals surface area contributed by atoms with Crippen LogP contribution >= 0.6 is 12.2 Å². The first-order valence-corrected chi connectivity index (χ1v) is 5.72. The van der Waals surface area contributed by atoms with Crippen LogP contribution in [0.5, 0.6) is 0 Å². The average molecular weight is 256 g/mol. The zero-order chi connectivity index (χ0) is 12.7. The summed E-state index contributed by atoms with van der Waals surface area (Å²) in [5.41, 5.74) is 0. The number of furan rings is 1. The predicted octanol–water partition coefficient (Wildman–Crippen LogP) is 2.04. The van der Waals surface area contributed by atoms with Crippen LogP contribution in [-0.2, 0) is 11.3 Å². The molecule has 0 unspecified atom stereocenters. The fraction of sp³-hybridized carbons (Fsp3) is 0.455. The summed E-state index contributed by atoms with van der Waals surface area (Å²) >= 11 is 4.92. The third-order valence-corrected chi connectivity index (χ3v) is 2.01. The van der Waals surface area contributed by atoms with Gasteiger partial charge in [0.15, 0.2) is 5.11 Å². The van der Waals surface area contributed by atoms with E-state index in [0.717, 1.165) is 5.76 Å². The normalized spacial score (nSPS) is 10.1. The lowest BCUT2D eigenvalue weighted by Crippen LogP contribution is -2.39. The molecular formula is C11H16N2O3S. The Morgan fingerprint density at radius 2 is 2.35 bits per heavy atom. The summed E-state index contributed by atoms with van der Waals surface area (Å²) in [4.78, 5) is 11.2. The van der Waals surface area contributed by atoms with Crippen molar-refractivity contribution in [2.24, 2.45) is 5.92 Å². The molecule has 0 bridgehead atoms. The Morgan fingerprint density at radius 1 is 1.59 bits per heavy atom. The van der Waals surface area contributed by atoms with Crippen LogP contribution in [-0.4, -0.2) is 17.8 Å². The Morgan fingerprint density at radius 3 is 2.94 bits per heavy atom. The highest BCUT2D eigenvalue weighted by Crippen LogP contribution is 1.98. The number of nitrogens with one attached hydrogen (secondary N) is 2. The molecule has 17 heavy (non-hydrogen) atoms. The van der Waals surface area contributed by atoms with Gasteiger partial charge < -0.3 is 14.5 Å². The van der Waals surface area contributed by atoms with Gasteiger partial charge in [-0.25, -0.2) is 4.79 Å². The minimum absolute atomic E-state index is 0.218. The quantitative estimate of drug-likeness (QED) is 0.807. The summed E-state index contributed by atoms with van der Waals surface area (Å²) in [6.45, 7) is 4.71. The van der Waals surface area contributed by atoms with E-state index >= 15 is 0 Å². The Bertz CT molecular complexity index is 363.